The lowest BCUT2D eigenvalue weighted by molar-refractivity contribution is -0.127. The average Bonchev–Trinajstić information content (AvgIpc) is 3.11. The Bertz CT molecular complexity index is 631. The second-order valence-corrected chi connectivity index (χ2v) is 6.95. The second kappa shape index (κ2) is 7.53. The molecule has 1 aromatic rings. The number of hydrogen-bond acceptors (Lipinski definition) is 4. The predicted molar refractivity (Wildman–Crippen MR) is 91.7 cm³/mol. The van der Waals surface area contributed by atoms with Gasteiger partial charge in [0.1, 0.15) is 6.04 Å². The Morgan fingerprint density at radius 1 is 1.46 bits per heavy atom. The molecule has 6 nitrogen and oxygen atoms in total. The number of benzene rings is 1. The first kappa shape index (κ1) is 17.2. The van der Waals surface area contributed by atoms with Gasteiger partial charge in [0, 0.05) is 24.2 Å². The van der Waals surface area contributed by atoms with Gasteiger partial charge in [-0.2, -0.15) is 0 Å². The molecular weight excluding hydrogens is 376 g/mol. The molecule has 2 aliphatic heterocycles. The minimum Gasteiger partial charge on any atom is -0.453 e. The molecule has 2 heterocycles. The predicted octanol–water partition coefficient (Wildman–Crippen LogP) is 2.41. The fourth-order valence-electron chi connectivity index (χ4n) is 3.30. The van der Waals surface area contributed by atoms with Crippen LogP contribution in [-0.4, -0.2) is 49.8 Å². The molecule has 7 heteroatoms. The molecule has 1 saturated heterocycles. The van der Waals surface area contributed by atoms with E-state index < -0.39 is 12.1 Å². The number of rotatable bonds is 3. The molecule has 2 aliphatic rings. The van der Waals surface area contributed by atoms with Gasteiger partial charge >= 0.3 is 6.09 Å². The van der Waals surface area contributed by atoms with Crippen LogP contribution in [0.4, 0.5) is 4.79 Å². The van der Waals surface area contributed by atoms with Crippen molar-refractivity contribution >= 4 is 27.9 Å². The van der Waals surface area contributed by atoms with Crippen molar-refractivity contribution in [3.8, 4) is 0 Å². The monoisotopic (exact) mass is 396 g/mol. The fourth-order valence-corrected chi connectivity index (χ4v) is 3.68. The molecule has 0 radical (unpaired) electrons. The molecule has 1 fully saturated rings. The Balaban J connectivity index is 1.82. The van der Waals surface area contributed by atoms with Crippen molar-refractivity contribution in [2.75, 3.05) is 26.8 Å². The Morgan fingerprint density at radius 3 is 3.00 bits per heavy atom. The zero-order valence-electron chi connectivity index (χ0n) is 13.6. The molecule has 0 saturated carbocycles. The Morgan fingerprint density at radius 2 is 2.29 bits per heavy atom. The summed E-state index contributed by atoms with van der Waals surface area (Å²) in [6.45, 7) is 1.67. The van der Waals surface area contributed by atoms with Gasteiger partial charge in [-0.1, -0.05) is 22.0 Å². The number of carbonyl (C=O) groups is 2. The summed E-state index contributed by atoms with van der Waals surface area (Å²) in [6.07, 6.45) is 2.25. The third-order valence-electron chi connectivity index (χ3n) is 4.52. The zero-order chi connectivity index (χ0) is 17.1. The van der Waals surface area contributed by atoms with Gasteiger partial charge < -0.3 is 14.8 Å². The highest BCUT2D eigenvalue weighted by molar-refractivity contribution is 9.10. The lowest BCUT2D eigenvalue weighted by Crippen LogP contribution is -2.48. The second-order valence-electron chi connectivity index (χ2n) is 6.04. The highest BCUT2D eigenvalue weighted by Gasteiger charge is 2.37. The number of hydrogen-bond donors (Lipinski definition) is 1. The van der Waals surface area contributed by atoms with E-state index in [9.17, 15) is 9.59 Å². The van der Waals surface area contributed by atoms with Gasteiger partial charge in [0.15, 0.2) is 0 Å². The third kappa shape index (κ3) is 3.57. The summed E-state index contributed by atoms with van der Waals surface area (Å²) in [6, 6.07) is 5.17. The van der Waals surface area contributed by atoms with E-state index in [-0.39, 0.29) is 12.0 Å². The first-order chi connectivity index (χ1) is 11.6. The fraction of sp³-hybridized carbons (Fsp3) is 0.529. The molecule has 0 aromatic heterocycles. The largest absolute Gasteiger partial charge is 0.453 e. The highest BCUT2D eigenvalue weighted by atomic mass is 79.9. The van der Waals surface area contributed by atoms with Gasteiger partial charge in [0.2, 0.25) is 5.91 Å². The van der Waals surface area contributed by atoms with E-state index in [0.29, 0.717) is 19.5 Å². The maximum atomic E-state index is 12.8. The quantitative estimate of drug-likeness (QED) is 0.851. The van der Waals surface area contributed by atoms with Gasteiger partial charge in [-0.05, 0) is 42.5 Å². The van der Waals surface area contributed by atoms with E-state index in [4.69, 9.17) is 9.47 Å². The number of nitrogens with one attached hydrogen (secondary N) is 1. The molecule has 1 aromatic carbocycles. The minimum absolute atomic E-state index is 0.0612. The van der Waals surface area contributed by atoms with Crippen LogP contribution in [0.5, 0.6) is 0 Å². The molecule has 0 bridgehead atoms. The summed E-state index contributed by atoms with van der Waals surface area (Å²) >= 11 is 3.45. The molecule has 0 unspecified atom stereocenters. The van der Waals surface area contributed by atoms with E-state index in [1.165, 1.54) is 12.0 Å². The molecular formula is C17H21BrN2O4. The zero-order valence-corrected chi connectivity index (χ0v) is 15.2. The summed E-state index contributed by atoms with van der Waals surface area (Å²) in [7, 11) is 1.33. The van der Waals surface area contributed by atoms with Crippen molar-refractivity contribution in [3.63, 3.8) is 0 Å². The molecule has 3 rings (SSSR count). The van der Waals surface area contributed by atoms with Crippen LogP contribution in [0, 0.1) is 0 Å². The third-order valence-corrected chi connectivity index (χ3v) is 5.01. The van der Waals surface area contributed by atoms with Crippen LogP contribution in [0.15, 0.2) is 22.7 Å². The van der Waals surface area contributed by atoms with Crippen LogP contribution in [0.1, 0.15) is 30.0 Å². The van der Waals surface area contributed by atoms with Crippen LogP contribution in [0.3, 0.4) is 0 Å². The normalized spacial score (nSPS) is 22.8. The minimum atomic E-state index is -0.680. The van der Waals surface area contributed by atoms with E-state index >= 15 is 0 Å². The summed E-state index contributed by atoms with van der Waals surface area (Å²) in [5.74, 6) is -0.199. The smallest absolute Gasteiger partial charge is 0.410 e. The van der Waals surface area contributed by atoms with Gasteiger partial charge in [0.25, 0.3) is 0 Å². The van der Waals surface area contributed by atoms with Crippen molar-refractivity contribution in [3.05, 3.63) is 33.8 Å². The molecule has 2 amide bonds. The molecule has 2 atom stereocenters. The highest BCUT2D eigenvalue weighted by Crippen LogP contribution is 2.32. The van der Waals surface area contributed by atoms with Gasteiger partial charge in [-0.25, -0.2) is 4.79 Å². The Labute approximate surface area is 149 Å². The van der Waals surface area contributed by atoms with Crippen LogP contribution in [0.25, 0.3) is 0 Å². The summed E-state index contributed by atoms with van der Waals surface area (Å²) < 4.78 is 11.3. The van der Waals surface area contributed by atoms with Crippen LogP contribution < -0.4 is 5.32 Å². The lowest BCUT2D eigenvalue weighted by Gasteiger charge is -2.35. The van der Waals surface area contributed by atoms with Crippen molar-refractivity contribution in [2.45, 2.75) is 31.4 Å². The van der Waals surface area contributed by atoms with Gasteiger partial charge in [-0.3, -0.25) is 9.69 Å². The van der Waals surface area contributed by atoms with Crippen LogP contribution in [-0.2, 0) is 20.7 Å². The standard InChI is InChI=1S/C17H21BrN2O4/c1-23-17(22)20-7-6-11-4-5-12(18)9-14(11)15(20)16(21)19-10-13-3-2-8-24-13/h4-5,9,13,15H,2-3,6-8,10H2,1H3,(H,19,21)/t13-,15-/m1/s1. The first-order valence-electron chi connectivity index (χ1n) is 8.12. The lowest BCUT2D eigenvalue weighted by atomic mass is 9.92. The SMILES string of the molecule is COC(=O)N1CCc2ccc(Br)cc2[C@@H]1C(=O)NC[C@H]1CCCO1. The van der Waals surface area contributed by atoms with E-state index in [1.54, 1.807) is 0 Å². The van der Waals surface area contributed by atoms with Crippen molar-refractivity contribution in [1.29, 1.82) is 0 Å². The Hall–Kier alpha value is -1.60. The first-order valence-corrected chi connectivity index (χ1v) is 8.91. The number of carbonyl (C=O) groups excluding carboxylic acids is 2. The molecule has 1 N–H and O–H groups in total. The summed E-state index contributed by atoms with van der Waals surface area (Å²) in [4.78, 5) is 26.4. The number of methoxy groups -OCH3 is 1. The number of nitrogens with zero attached hydrogens (tertiary/aromatic N) is 1. The van der Waals surface area contributed by atoms with Crippen LogP contribution in [0.2, 0.25) is 0 Å². The van der Waals surface area contributed by atoms with Crippen molar-refractivity contribution < 1.29 is 19.1 Å². The number of fused-ring (bicyclic) bond motifs is 1. The maximum Gasteiger partial charge on any atom is 0.410 e. The number of ether oxygens (including phenoxy) is 2. The summed E-state index contributed by atoms with van der Waals surface area (Å²) in [5, 5.41) is 2.93. The topological polar surface area (TPSA) is 67.9 Å². The average molecular weight is 397 g/mol. The van der Waals surface area contributed by atoms with Gasteiger partial charge in [-0.15, -0.1) is 0 Å². The van der Waals surface area contributed by atoms with E-state index in [2.05, 4.69) is 21.2 Å². The van der Waals surface area contributed by atoms with Crippen molar-refractivity contribution in [1.82, 2.24) is 10.2 Å². The summed E-state index contributed by atoms with van der Waals surface area (Å²) in [5.41, 5.74) is 1.92. The number of halogens is 1. The van der Waals surface area contributed by atoms with E-state index in [0.717, 1.165) is 35.0 Å². The molecule has 0 aliphatic carbocycles. The molecule has 0 spiro atoms. The molecule has 24 heavy (non-hydrogen) atoms. The van der Waals surface area contributed by atoms with Crippen molar-refractivity contribution in [2.24, 2.45) is 0 Å². The van der Waals surface area contributed by atoms with Crippen LogP contribution >= 0.6 is 15.9 Å². The number of amides is 2. The maximum absolute atomic E-state index is 12.8. The van der Waals surface area contributed by atoms with Gasteiger partial charge in [0.05, 0.1) is 13.2 Å². The van der Waals surface area contributed by atoms with E-state index in [1.807, 2.05) is 18.2 Å². The Kier molecular flexibility index (Phi) is 5.40. The molecule has 130 valence electrons.